The third-order valence-electron chi connectivity index (χ3n) is 5.75. The number of aromatic carboxylic acids is 1. The Hall–Kier alpha value is -3.56. The number of nitrogens with zero attached hydrogens (tertiary/aromatic N) is 2. The van der Waals surface area contributed by atoms with Gasteiger partial charge >= 0.3 is 17.9 Å². The number of sulfonamides is 1. The van der Waals surface area contributed by atoms with Gasteiger partial charge in [-0.1, -0.05) is 33.8 Å². The van der Waals surface area contributed by atoms with E-state index >= 15 is 0 Å². The quantitative estimate of drug-likeness (QED) is 0.175. The largest absolute Gasteiger partial charge is 0.478 e. The van der Waals surface area contributed by atoms with Crippen LogP contribution in [0.5, 0.6) is 0 Å². The van der Waals surface area contributed by atoms with Crippen LogP contribution in [0, 0.1) is 0 Å². The number of nitrogens with two attached hydrogens (primary N) is 1. The van der Waals surface area contributed by atoms with Crippen LogP contribution in [0.3, 0.4) is 0 Å². The predicted molar refractivity (Wildman–Crippen MR) is 163 cm³/mol. The number of benzene rings is 1. The molecule has 0 spiro atoms. The number of hydrogen-bond donors (Lipinski definition) is 3. The second kappa shape index (κ2) is 22.9. The fraction of sp³-hybridized carbons (Fsp3) is 0.621. The number of carboxylic acid groups (broad SMARTS) is 1. The molecule has 0 heterocycles. The number of esters is 2. The molecule has 0 aliphatic heterocycles. The van der Waals surface area contributed by atoms with Crippen LogP contribution in [0.2, 0.25) is 0 Å². The maximum Gasteiger partial charge on any atom is 0.335 e. The van der Waals surface area contributed by atoms with E-state index in [9.17, 15) is 32.4 Å². The third-order valence-corrected chi connectivity index (χ3v) is 7.21. The van der Waals surface area contributed by atoms with Gasteiger partial charge in [-0.05, 0) is 43.9 Å². The lowest BCUT2D eigenvalue weighted by Gasteiger charge is -2.21. The van der Waals surface area contributed by atoms with Gasteiger partial charge in [0.05, 0.1) is 23.3 Å². The van der Waals surface area contributed by atoms with Gasteiger partial charge in [-0.25, -0.2) is 17.9 Å². The van der Waals surface area contributed by atoms with Crippen LogP contribution in [-0.2, 0) is 38.7 Å². The van der Waals surface area contributed by atoms with Crippen molar-refractivity contribution < 1.29 is 47.0 Å². The maximum absolute atomic E-state index is 12.2. The van der Waals surface area contributed by atoms with Crippen molar-refractivity contribution in [3.63, 3.8) is 0 Å². The molecule has 0 unspecified atom stereocenters. The summed E-state index contributed by atoms with van der Waals surface area (Å²) in [4.78, 5) is 60.5. The van der Waals surface area contributed by atoms with Crippen molar-refractivity contribution in [2.75, 3.05) is 52.5 Å². The Morgan fingerprint density at radius 3 is 1.66 bits per heavy atom. The number of amides is 2. The first-order chi connectivity index (χ1) is 20.9. The number of carbonyl (C=O) groups is 5. The molecule has 0 atom stereocenters. The summed E-state index contributed by atoms with van der Waals surface area (Å²) in [6, 6.07) is 4.87. The van der Waals surface area contributed by atoms with Gasteiger partial charge in [0.1, 0.15) is 0 Å². The fourth-order valence-electron chi connectivity index (χ4n) is 3.70. The Morgan fingerprint density at radius 2 is 1.25 bits per heavy atom. The van der Waals surface area contributed by atoms with Crippen molar-refractivity contribution in [3.05, 3.63) is 29.8 Å². The highest BCUT2D eigenvalue weighted by molar-refractivity contribution is 7.89. The molecule has 2 amide bonds. The first-order valence-corrected chi connectivity index (χ1v) is 16.2. The van der Waals surface area contributed by atoms with Gasteiger partial charge in [-0.3, -0.25) is 19.2 Å². The van der Waals surface area contributed by atoms with Crippen molar-refractivity contribution in [2.24, 2.45) is 5.73 Å². The van der Waals surface area contributed by atoms with Crippen LogP contribution >= 0.6 is 0 Å². The molecule has 0 bridgehead atoms. The van der Waals surface area contributed by atoms with Gasteiger partial charge in [-0.15, -0.1) is 0 Å². The molecule has 0 aromatic heterocycles. The summed E-state index contributed by atoms with van der Waals surface area (Å²) in [7, 11) is -3.97. The highest BCUT2D eigenvalue weighted by atomic mass is 32.2. The van der Waals surface area contributed by atoms with Crippen LogP contribution in [0.4, 0.5) is 0 Å². The van der Waals surface area contributed by atoms with E-state index in [1.54, 1.807) is 9.80 Å². The number of carboxylic acids is 1. The highest BCUT2D eigenvalue weighted by Gasteiger charge is 2.18. The van der Waals surface area contributed by atoms with Crippen molar-refractivity contribution in [1.82, 2.24) is 14.5 Å². The Kier molecular flexibility index (Phi) is 21.1. The van der Waals surface area contributed by atoms with E-state index in [0.29, 0.717) is 26.2 Å². The number of carbonyl (C=O) groups excluding carboxylic acids is 4. The zero-order chi connectivity index (χ0) is 33.5. The lowest BCUT2D eigenvalue weighted by molar-refractivity contribution is -0.152. The van der Waals surface area contributed by atoms with E-state index in [-0.39, 0.29) is 61.4 Å². The van der Waals surface area contributed by atoms with Crippen molar-refractivity contribution in [3.8, 4) is 0 Å². The zero-order valence-corrected chi connectivity index (χ0v) is 27.0. The molecule has 14 nitrogen and oxygen atoms in total. The number of rotatable bonds is 20. The number of ether oxygens (including phenoxy) is 2. The van der Waals surface area contributed by atoms with Crippen LogP contribution in [0.25, 0.3) is 0 Å². The minimum Gasteiger partial charge on any atom is -0.478 e. The average Bonchev–Trinajstić information content (AvgIpc) is 2.99. The normalized spacial score (nSPS) is 10.7. The predicted octanol–water partition coefficient (Wildman–Crippen LogP) is 1.77. The lowest BCUT2D eigenvalue weighted by atomic mass is 10.2. The van der Waals surface area contributed by atoms with E-state index in [4.69, 9.17) is 20.3 Å². The number of nitrogens with one attached hydrogen (secondary N) is 1. The van der Waals surface area contributed by atoms with Crippen molar-refractivity contribution >= 4 is 39.7 Å². The monoisotopic (exact) mass is 644 g/mol. The molecule has 1 rings (SSSR count). The first kappa shape index (κ1) is 40.4. The Labute approximate surface area is 260 Å². The number of hydrogen-bond acceptors (Lipinski definition) is 10. The Bertz CT molecular complexity index is 1150. The maximum atomic E-state index is 12.2. The van der Waals surface area contributed by atoms with E-state index in [0.717, 1.165) is 31.7 Å². The van der Waals surface area contributed by atoms with Crippen molar-refractivity contribution in [1.29, 1.82) is 0 Å². The molecular formula is C29H48N4O10S. The third kappa shape index (κ3) is 16.9. The lowest BCUT2D eigenvalue weighted by Crippen LogP contribution is -2.36. The van der Waals surface area contributed by atoms with Crippen LogP contribution in [0.15, 0.2) is 29.2 Å². The van der Waals surface area contributed by atoms with Gasteiger partial charge in [-0.2, -0.15) is 0 Å². The van der Waals surface area contributed by atoms with Gasteiger partial charge < -0.3 is 30.1 Å². The molecule has 44 heavy (non-hydrogen) atoms. The summed E-state index contributed by atoms with van der Waals surface area (Å²) >= 11 is 0. The summed E-state index contributed by atoms with van der Waals surface area (Å²) < 4.78 is 36.3. The molecule has 0 radical (unpaired) electrons. The molecule has 0 fully saturated rings. The molecule has 1 aromatic rings. The molecule has 1 aromatic carbocycles. The van der Waals surface area contributed by atoms with Crippen LogP contribution in [-0.4, -0.2) is 106 Å². The molecular weight excluding hydrogens is 596 g/mol. The summed E-state index contributed by atoms with van der Waals surface area (Å²) in [5.41, 5.74) is 5.03. The molecule has 250 valence electrons. The molecule has 4 N–H and O–H groups in total. The highest BCUT2D eigenvalue weighted by Crippen LogP contribution is 2.11. The van der Waals surface area contributed by atoms with Gasteiger partial charge in [0.15, 0.2) is 13.2 Å². The molecule has 0 aliphatic rings. The minimum atomic E-state index is -3.97. The van der Waals surface area contributed by atoms with Crippen LogP contribution in [0.1, 0.15) is 76.6 Å². The SMILES string of the molecule is CCCN(CCC)C(=O)COC(=O)CCN.CCCN(CCC)C(=O)COC(=O)CCNS(=O)(=O)c1cccc(C(=O)O)c1. The van der Waals surface area contributed by atoms with E-state index in [1.165, 1.54) is 18.2 Å². The summed E-state index contributed by atoms with van der Waals surface area (Å²) in [6.07, 6.45) is 3.31. The molecule has 0 saturated heterocycles. The Balaban J connectivity index is 0.000000983. The van der Waals surface area contributed by atoms with Crippen molar-refractivity contribution in [2.45, 2.75) is 71.1 Å². The van der Waals surface area contributed by atoms with Gasteiger partial charge in [0.2, 0.25) is 10.0 Å². The van der Waals surface area contributed by atoms with E-state index in [1.807, 2.05) is 27.7 Å². The standard InChI is InChI=1S/C18H26N2O7S.C11H22N2O3/c1-3-10-20(11-4-2)16(21)13-27-17(22)8-9-19-28(25,26)15-7-5-6-14(12-15)18(23)24;1-3-7-13(8-4-2)10(14)9-16-11(15)5-6-12/h5-7,12,19H,3-4,8-11,13H2,1-2H3,(H,23,24);3-9,12H2,1-2H3. The average molecular weight is 645 g/mol. The van der Waals surface area contributed by atoms with Gasteiger partial charge in [0, 0.05) is 39.3 Å². The smallest absolute Gasteiger partial charge is 0.335 e. The van der Waals surface area contributed by atoms with E-state index < -0.39 is 27.9 Å². The Morgan fingerprint density at radius 1 is 0.795 bits per heavy atom. The fourth-order valence-corrected chi connectivity index (χ4v) is 4.78. The molecule has 0 aliphatic carbocycles. The summed E-state index contributed by atoms with van der Waals surface area (Å²) in [5, 5.41) is 8.93. The molecule has 0 saturated carbocycles. The van der Waals surface area contributed by atoms with Gasteiger partial charge in [0.25, 0.3) is 11.8 Å². The minimum absolute atomic E-state index is 0.130. The first-order valence-electron chi connectivity index (χ1n) is 14.8. The van der Waals surface area contributed by atoms with Crippen LogP contribution < -0.4 is 10.5 Å². The zero-order valence-electron chi connectivity index (χ0n) is 26.2. The second-order valence-electron chi connectivity index (χ2n) is 9.60. The van der Waals surface area contributed by atoms with E-state index in [2.05, 4.69) is 4.72 Å². The summed E-state index contributed by atoms with van der Waals surface area (Å²) in [6.45, 7) is 9.96. The molecule has 15 heteroatoms. The summed E-state index contributed by atoms with van der Waals surface area (Å²) in [5.74, 6) is -2.78. The topological polar surface area (TPSA) is 203 Å². The second-order valence-corrected chi connectivity index (χ2v) is 11.4.